The third kappa shape index (κ3) is 1.82. The molecule has 0 aliphatic carbocycles. The van der Waals surface area contributed by atoms with E-state index in [-0.39, 0.29) is 0 Å². The fraction of sp³-hybridized carbons (Fsp3) is 0.200. The van der Waals surface area contributed by atoms with Crippen molar-refractivity contribution in [3.63, 3.8) is 0 Å². The molecule has 0 spiro atoms. The predicted molar refractivity (Wildman–Crippen MR) is 45.1 cm³/mol. The van der Waals surface area contributed by atoms with Crippen molar-refractivity contribution < 1.29 is 4.42 Å². The van der Waals surface area contributed by atoms with Gasteiger partial charge in [0, 0.05) is 0 Å². The Labute approximate surface area is 75.2 Å². The molecular formula is C5H6Br2N2O. The van der Waals surface area contributed by atoms with Crippen molar-refractivity contribution in [1.29, 1.82) is 0 Å². The first-order valence-electron chi connectivity index (χ1n) is 2.61. The lowest BCUT2D eigenvalue weighted by atomic mass is 10.5. The fourth-order valence-electron chi connectivity index (χ4n) is 0.579. The number of hydrazine groups is 1. The molecule has 1 rings (SSSR count). The minimum Gasteiger partial charge on any atom is -0.452 e. The highest BCUT2D eigenvalue weighted by atomic mass is 79.9. The molecule has 56 valence electrons. The van der Waals surface area contributed by atoms with E-state index in [1.54, 1.807) is 0 Å². The van der Waals surface area contributed by atoms with E-state index >= 15 is 0 Å². The average molecular weight is 270 g/mol. The minimum absolute atomic E-state index is 0.532. The maximum atomic E-state index is 5.18. The molecule has 5 heteroatoms. The van der Waals surface area contributed by atoms with Crippen molar-refractivity contribution >= 4 is 31.9 Å². The van der Waals surface area contributed by atoms with Crippen LogP contribution in [0, 0.1) is 0 Å². The third-order valence-electron chi connectivity index (χ3n) is 0.972. The maximum absolute atomic E-state index is 5.18. The quantitative estimate of drug-likeness (QED) is 0.636. The van der Waals surface area contributed by atoms with Gasteiger partial charge < -0.3 is 4.42 Å². The van der Waals surface area contributed by atoms with E-state index in [4.69, 9.17) is 10.3 Å². The molecule has 0 amide bonds. The van der Waals surface area contributed by atoms with Gasteiger partial charge in [0.25, 0.3) is 0 Å². The molecule has 0 aliphatic rings. The molecule has 0 saturated carbocycles. The average Bonchev–Trinajstić information content (AvgIpc) is 2.14. The Morgan fingerprint density at radius 1 is 1.60 bits per heavy atom. The van der Waals surface area contributed by atoms with Crippen LogP contribution < -0.4 is 11.3 Å². The summed E-state index contributed by atoms with van der Waals surface area (Å²) in [5.74, 6) is 5.87. The lowest BCUT2D eigenvalue weighted by Crippen LogP contribution is -2.20. The Bertz CT molecular complexity index is 204. The standard InChI is InChI=1S/C5H6Br2N2O/c6-4-1-3(2-9-8)10-5(4)7/h1,9H,2,8H2. The third-order valence-corrected chi connectivity index (χ3v) is 2.68. The summed E-state index contributed by atoms with van der Waals surface area (Å²) in [4.78, 5) is 0. The van der Waals surface area contributed by atoms with E-state index in [1.165, 1.54) is 0 Å². The largest absolute Gasteiger partial charge is 0.452 e. The molecule has 0 radical (unpaired) electrons. The summed E-state index contributed by atoms with van der Waals surface area (Å²) < 4.78 is 6.78. The molecule has 0 fully saturated rings. The van der Waals surface area contributed by atoms with Gasteiger partial charge in [-0.1, -0.05) is 0 Å². The Kier molecular flexibility index (Phi) is 2.91. The van der Waals surface area contributed by atoms with Crippen LogP contribution in [0.5, 0.6) is 0 Å². The summed E-state index contributed by atoms with van der Waals surface area (Å²) in [5.41, 5.74) is 2.49. The smallest absolute Gasteiger partial charge is 0.183 e. The van der Waals surface area contributed by atoms with Crippen molar-refractivity contribution in [2.24, 2.45) is 5.84 Å². The van der Waals surface area contributed by atoms with Crippen LogP contribution in [0.25, 0.3) is 0 Å². The Morgan fingerprint density at radius 3 is 2.70 bits per heavy atom. The number of hydrogen-bond acceptors (Lipinski definition) is 3. The molecule has 3 N–H and O–H groups in total. The van der Waals surface area contributed by atoms with E-state index in [0.29, 0.717) is 11.2 Å². The first-order chi connectivity index (χ1) is 4.74. The lowest BCUT2D eigenvalue weighted by Gasteiger charge is -1.90. The first-order valence-corrected chi connectivity index (χ1v) is 4.20. The number of nitrogens with two attached hydrogens (primary N) is 1. The normalized spacial score (nSPS) is 10.3. The molecule has 0 bridgehead atoms. The van der Waals surface area contributed by atoms with Crippen LogP contribution >= 0.6 is 31.9 Å². The highest BCUT2D eigenvalue weighted by Gasteiger charge is 2.03. The van der Waals surface area contributed by atoms with Gasteiger partial charge in [0.15, 0.2) is 4.67 Å². The zero-order valence-electron chi connectivity index (χ0n) is 5.03. The second-order valence-electron chi connectivity index (χ2n) is 1.72. The summed E-state index contributed by atoms with van der Waals surface area (Å²) in [6, 6.07) is 1.85. The molecule has 1 aromatic heterocycles. The van der Waals surface area contributed by atoms with Crippen LogP contribution in [0.2, 0.25) is 0 Å². The van der Waals surface area contributed by atoms with Gasteiger partial charge in [0.2, 0.25) is 0 Å². The van der Waals surface area contributed by atoms with Crippen LogP contribution in [0.1, 0.15) is 5.76 Å². The molecule has 0 saturated heterocycles. The molecule has 0 unspecified atom stereocenters. The monoisotopic (exact) mass is 268 g/mol. The van der Waals surface area contributed by atoms with Gasteiger partial charge in [-0.3, -0.25) is 11.3 Å². The fourth-order valence-corrected chi connectivity index (χ4v) is 1.24. The van der Waals surface area contributed by atoms with Crippen molar-refractivity contribution in [1.82, 2.24) is 5.43 Å². The van der Waals surface area contributed by atoms with Crippen LogP contribution in [0.3, 0.4) is 0 Å². The topological polar surface area (TPSA) is 51.2 Å². The number of nitrogens with one attached hydrogen (secondary N) is 1. The predicted octanol–water partition coefficient (Wildman–Crippen LogP) is 1.77. The van der Waals surface area contributed by atoms with Crippen molar-refractivity contribution in [2.75, 3.05) is 0 Å². The highest BCUT2D eigenvalue weighted by molar-refractivity contribution is 9.13. The van der Waals surface area contributed by atoms with Gasteiger partial charge in [-0.25, -0.2) is 0 Å². The molecule has 0 aliphatic heterocycles. The Balaban J connectivity index is 2.77. The first kappa shape index (κ1) is 8.26. The van der Waals surface area contributed by atoms with Crippen LogP contribution in [-0.4, -0.2) is 0 Å². The zero-order valence-corrected chi connectivity index (χ0v) is 8.20. The van der Waals surface area contributed by atoms with Gasteiger partial charge in [0.1, 0.15) is 5.76 Å². The van der Waals surface area contributed by atoms with Crippen molar-refractivity contribution in [3.05, 3.63) is 21.0 Å². The summed E-state index contributed by atoms with van der Waals surface area (Å²) >= 11 is 6.48. The molecule has 0 aromatic carbocycles. The SMILES string of the molecule is NNCc1cc(Br)c(Br)o1. The van der Waals surface area contributed by atoms with Gasteiger partial charge in [-0.2, -0.15) is 0 Å². The minimum atomic E-state index is 0.532. The molecule has 10 heavy (non-hydrogen) atoms. The van der Waals surface area contributed by atoms with Crippen LogP contribution in [0.15, 0.2) is 19.6 Å². The molecular weight excluding hydrogens is 264 g/mol. The number of halogens is 2. The number of furan rings is 1. The van der Waals surface area contributed by atoms with Gasteiger partial charge >= 0.3 is 0 Å². The van der Waals surface area contributed by atoms with E-state index in [9.17, 15) is 0 Å². The highest BCUT2D eigenvalue weighted by Crippen LogP contribution is 2.26. The van der Waals surface area contributed by atoms with Crippen molar-refractivity contribution in [3.8, 4) is 0 Å². The van der Waals surface area contributed by atoms with Gasteiger partial charge in [-0.15, -0.1) is 0 Å². The van der Waals surface area contributed by atoms with Crippen molar-refractivity contribution in [2.45, 2.75) is 6.54 Å². The van der Waals surface area contributed by atoms with Crippen LogP contribution in [-0.2, 0) is 6.54 Å². The van der Waals surface area contributed by atoms with E-state index in [0.717, 1.165) is 10.2 Å². The van der Waals surface area contributed by atoms with E-state index in [2.05, 4.69) is 37.3 Å². The van der Waals surface area contributed by atoms with Gasteiger partial charge in [0.05, 0.1) is 11.0 Å². The molecule has 0 atom stereocenters. The Hall–Kier alpha value is 0.160. The summed E-state index contributed by atoms with van der Waals surface area (Å²) in [6.45, 7) is 0.532. The summed E-state index contributed by atoms with van der Waals surface area (Å²) in [6.07, 6.45) is 0. The second kappa shape index (κ2) is 3.52. The maximum Gasteiger partial charge on any atom is 0.183 e. The van der Waals surface area contributed by atoms with E-state index in [1.807, 2.05) is 6.07 Å². The number of rotatable bonds is 2. The van der Waals surface area contributed by atoms with E-state index < -0.39 is 0 Å². The number of hydrogen-bond donors (Lipinski definition) is 2. The summed E-state index contributed by atoms with van der Waals surface area (Å²) in [5, 5.41) is 0. The van der Waals surface area contributed by atoms with Gasteiger partial charge in [-0.05, 0) is 37.9 Å². The zero-order chi connectivity index (χ0) is 7.56. The second-order valence-corrected chi connectivity index (χ2v) is 3.29. The molecule has 1 aromatic rings. The summed E-state index contributed by atoms with van der Waals surface area (Å²) in [7, 11) is 0. The van der Waals surface area contributed by atoms with Crippen LogP contribution in [0.4, 0.5) is 0 Å². The molecule has 1 heterocycles. The Morgan fingerprint density at radius 2 is 2.30 bits per heavy atom. The molecule has 3 nitrogen and oxygen atoms in total. The lowest BCUT2D eigenvalue weighted by molar-refractivity contribution is 0.468.